The van der Waals surface area contributed by atoms with Crippen molar-refractivity contribution in [1.82, 2.24) is 15.2 Å². The number of hydrogen-bond donors (Lipinski definition) is 1. The molecule has 1 saturated carbocycles. The van der Waals surface area contributed by atoms with Crippen LogP contribution in [0.3, 0.4) is 0 Å². The Morgan fingerprint density at radius 2 is 2.33 bits per heavy atom. The maximum Gasteiger partial charge on any atom is 0.107 e. The molecule has 1 N–H and O–H groups in total. The van der Waals surface area contributed by atoms with Crippen molar-refractivity contribution in [2.24, 2.45) is 5.92 Å². The van der Waals surface area contributed by atoms with Gasteiger partial charge in [0, 0.05) is 38.2 Å². The molecule has 0 radical (unpaired) electrons. The van der Waals surface area contributed by atoms with Crippen molar-refractivity contribution in [3.8, 4) is 0 Å². The zero-order chi connectivity index (χ0) is 15.1. The van der Waals surface area contributed by atoms with Crippen molar-refractivity contribution < 1.29 is 4.74 Å². The Kier molecular flexibility index (Phi) is 7.10. The van der Waals surface area contributed by atoms with E-state index in [1.165, 1.54) is 30.0 Å². The molecule has 1 unspecified atom stereocenters. The maximum absolute atomic E-state index is 5.26. The smallest absolute Gasteiger partial charge is 0.107 e. The van der Waals surface area contributed by atoms with Crippen LogP contribution in [0.15, 0.2) is 5.38 Å². The van der Waals surface area contributed by atoms with Crippen molar-refractivity contribution in [3.05, 3.63) is 16.1 Å². The van der Waals surface area contributed by atoms with Gasteiger partial charge < -0.3 is 10.1 Å². The predicted molar refractivity (Wildman–Crippen MR) is 88.6 cm³/mol. The molecule has 1 aromatic rings. The Morgan fingerprint density at radius 1 is 1.52 bits per heavy atom. The highest BCUT2D eigenvalue weighted by Crippen LogP contribution is 2.35. The minimum Gasteiger partial charge on any atom is -0.383 e. The molecule has 2 rings (SSSR count). The summed E-state index contributed by atoms with van der Waals surface area (Å²) in [6.07, 6.45) is 3.93. The molecular formula is C16H29N3OS. The molecule has 0 spiro atoms. The van der Waals surface area contributed by atoms with E-state index in [1.807, 2.05) is 0 Å². The molecule has 1 aromatic heterocycles. The lowest BCUT2D eigenvalue weighted by Crippen LogP contribution is -2.36. The van der Waals surface area contributed by atoms with Gasteiger partial charge >= 0.3 is 0 Å². The number of aromatic nitrogens is 1. The first-order chi connectivity index (χ1) is 10.2. The summed E-state index contributed by atoms with van der Waals surface area (Å²) in [5.74, 6) is 0.881. The second-order valence-corrected chi connectivity index (χ2v) is 6.89. The van der Waals surface area contributed by atoms with Crippen LogP contribution in [-0.2, 0) is 17.8 Å². The van der Waals surface area contributed by atoms with Gasteiger partial charge in [0.05, 0.1) is 12.3 Å². The standard InChI is InChI=1S/C16H29N3OS/c1-4-7-17-10-16-18-15(12-21-16)11-19(8-9-20-3)13(2)14-5-6-14/h12-14,17H,4-11H2,1-3H3. The van der Waals surface area contributed by atoms with Crippen molar-refractivity contribution in [2.45, 2.75) is 52.2 Å². The summed E-state index contributed by atoms with van der Waals surface area (Å²) >= 11 is 1.77. The number of ether oxygens (including phenoxy) is 1. The van der Waals surface area contributed by atoms with Crippen LogP contribution < -0.4 is 5.32 Å². The average Bonchev–Trinajstić information content (AvgIpc) is 3.24. The lowest BCUT2D eigenvalue weighted by Gasteiger charge is -2.28. The fraction of sp³-hybridized carbons (Fsp3) is 0.812. The highest BCUT2D eigenvalue weighted by atomic mass is 32.1. The van der Waals surface area contributed by atoms with E-state index >= 15 is 0 Å². The molecule has 1 fully saturated rings. The van der Waals surface area contributed by atoms with E-state index in [4.69, 9.17) is 9.72 Å². The summed E-state index contributed by atoms with van der Waals surface area (Å²) in [4.78, 5) is 7.29. The molecule has 1 aliphatic carbocycles. The van der Waals surface area contributed by atoms with E-state index in [0.29, 0.717) is 6.04 Å². The van der Waals surface area contributed by atoms with Gasteiger partial charge in [0.25, 0.3) is 0 Å². The molecule has 0 amide bonds. The first-order valence-electron chi connectivity index (χ1n) is 8.11. The van der Waals surface area contributed by atoms with Crippen molar-refractivity contribution >= 4 is 11.3 Å². The number of hydrogen-bond acceptors (Lipinski definition) is 5. The molecule has 4 nitrogen and oxygen atoms in total. The zero-order valence-electron chi connectivity index (χ0n) is 13.6. The fourth-order valence-corrected chi connectivity index (χ4v) is 3.35. The summed E-state index contributed by atoms with van der Waals surface area (Å²) < 4.78 is 5.26. The summed E-state index contributed by atoms with van der Waals surface area (Å²) in [6.45, 7) is 9.24. The largest absolute Gasteiger partial charge is 0.383 e. The lowest BCUT2D eigenvalue weighted by atomic mass is 10.2. The van der Waals surface area contributed by atoms with E-state index in [1.54, 1.807) is 18.4 Å². The molecular weight excluding hydrogens is 282 g/mol. The van der Waals surface area contributed by atoms with Gasteiger partial charge in [0.15, 0.2) is 0 Å². The molecule has 1 atom stereocenters. The SMILES string of the molecule is CCCNCc1nc(CN(CCOC)C(C)C2CC2)cs1. The van der Waals surface area contributed by atoms with Crippen LogP contribution in [-0.4, -0.2) is 42.7 Å². The first-order valence-corrected chi connectivity index (χ1v) is 8.99. The van der Waals surface area contributed by atoms with Crippen molar-refractivity contribution in [2.75, 3.05) is 26.8 Å². The third-order valence-corrected chi connectivity index (χ3v) is 5.03. The van der Waals surface area contributed by atoms with Crippen molar-refractivity contribution in [1.29, 1.82) is 0 Å². The van der Waals surface area contributed by atoms with E-state index in [2.05, 4.69) is 29.4 Å². The number of rotatable bonds is 11. The van der Waals surface area contributed by atoms with Gasteiger partial charge in [-0.1, -0.05) is 6.92 Å². The molecule has 0 saturated heterocycles. The highest BCUT2D eigenvalue weighted by molar-refractivity contribution is 7.09. The van der Waals surface area contributed by atoms with Crippen molar-refractivity contribution in [3.63, 3.8) is 0 Å². The van der Waals surface area contributed by atoms with Crippen LogP contribution in [0, 0.1) is 5.92 Å². The normalized spacial score (nSPS) is 16.6. The quantitative estimate of drug-likeness (QED) is 0.638. The Balaban J connectivity index is 1.86. The number of thiazole rings is 1. The lowest BCUT2D eigenvalue weighted by molar-refractivity contribution is 0.111. The zero-order valence-corrected chi connectivity index (χ0v) is 14.4. The topological polar surface area (TPSA) is 37.4 Å². The summed E-state index contributed by atoms with van der Waals surface area (Å²) in [6, 6.07) is 0.642. The Bertz CT molecular complexity index is 406. The number of methoxy groups -OCH3 is 1. The van der Waals surface area contributed by atoms with Gasteiger partial charge in [-0.15, -0.1) is 11.3 Å². The average molecular weight is 311 g/mol. The van der Waals surface area contributed by atoms with Gasteiger partial charge in [0.2, 0.25) is 0 Å². The number of nitrogens with one attached hydrogen (secondary N) is 1. The van der Waals surface area contributed by atoms with Crippen LogP contribution in [0.4, 0.5) is 0 Å². The first kappa shape index (κ1) is 16.9. The maximum atomic E-state index is 5.26. The van der Waals surface area contributed by atoms with Gasteiger partial charge in [-0.3, -0.25) is 4.90 Å². The third kappa shape index (κ3) is 5.66. The molecule has 1 aliphatic rings. The molecule has 0 aromatic carbocycles. The van der Waals surface area contributed by atoms with Gasteiger partial charge in [-0.05, 0) is 38.6 Å². The molecule has 21 heavy (non-hydrogen) atoms. The van der Waals surface area contributed by atoms with Crippen LogP contribution in [0.25, 0.3) is 0 Å². The van der Waals surface area contributed by atoms with Crippen LogP contribution in [0.1, 0.15) is 43.8 Å². The van der Waals surface area contributed by atoms with Gasteiger partial charge in [0.1, 0.15) is 5.01 Å². The number of nitrogens with zero attached hydrogens (tertiary/aromatic N) is 2. The van der Waals surface area contributed by atoms with Crippen LogP contribution >= 0.6 is 11.3 Å². The van der Waals surface area contributed by atoms with E-state index < -0.39 is 0 Å². The minimum atomic E-state index is 0.642. The van der Waals surface area contributed by atoms with E-state index in [-0.39, 0.29) is 0 Å². The Morgan fingerprint density at radius 3 is 3.00 bits per heavy atom. The second kappa shape index (κ2) is 8.83. The van der Waals surface area contributed by atoms with Gasteiger partial charge in [-0.2, -0.15) is 0 Å². The minimum absolute atomic E-state index is 0.642. The Hall–Kier alpha value is -0.490. The summed E-state index contributed by atoms with van der Waals surface area (Å²) in [7, 11) is 1.78. The van der Waals surface area contributed by atoms with Gasteiger partial charge in [-0.25, -0.2) is 4.98 Å². The third-order valence-electron chi connectivity index (χ3n) is 4.13. The summed E-state index contributed by atoms with van der Waals surface area (Å²) in [5, 5.41) is 6.83. The molecule has 0 aliphatic heterocycles. The Labute approximate surface area is 132 Å². The summed E-state index contributed by atoms with van der Waals surface area (Å²) in [5.41, 5.74) is 1.21. The fourth-order valence-electron chi connectivity index (χ4n) is 2.59. The second-order valence-electron chi connectivity index (χ2n) is 5.95. The predicted octanol–water partition coefficient (Wildman–Crippen LogP) is 2.89. The van der Waals surface area contributed by atoms with Crippen LogP contribution in [0.5, 0.6) is 0 Å². The molecule has 5 heteroatoms. The molecule has 120 valence electrons. The monoisotopic (exact) mass is 311 g/mol. The van der Waals surface area contributed by atoms with Crippen LogP contribution in [0.2, 0.25) is 0 Å². The molecule has 0 bridgehead atoms. The molecule has 1 heterocycles. The van der Waals surface area contributed by atoms with E-state index in [0.717, 1.165) is 38.7 Å². The highest BCUT2D eigenvalue weighted by Gasteiger charge is 2.32. The van der Waals surface area contributed by atoms with E-state index in [9.17, 15) is 0 Å².